The minimum absolute atomic E-state index is 1.10. The highest BCUT2D eigenvalue weighted by Crippen LogP contribution is 2.41. The van der Waals surface area contributed by atoms with E-state index in [-0.39, 0.29) is 0 Å². The molecule has 11 aromatic rings. The molecule has 0 spiro atoms. The van der Waals surface area contributed by atoms with Gasteiger partial charge in [-0.2, -0.15) is 0 Å². The van der Waals surface area contributed by atoms with Gasteiger partial charge < -0.3 is 14.4 Å². The molecule has 0 fully saturated rings. The van der Waals surface area contributed by atoms with Gasteiger partial charge in [-0.3, -0.25) is 0 Å². The number of aromatic nitrogens is 1. The molecule has 3 heteroatoms. The predicted octanol–water partition coefficient (Wildman–Crippen LogP) is 15.7. The minimum atomic E-state index is 1.10. The van der Waals surface area contributed by atoms with Crippen molar-refractivity contribution in [3.8, 4) is 16.8 Å². The Labute approximate surface area is 343 Å². The van der Waals surface area contributed by atoms with E-state index in [1.807, 2.05) is 0 Å². The third-order valence-electron chi connectivity index (χ3n) is 11.5. The van der Waals surface area contributed by atoms with Crippen molar-refractivity contribution in [1.29, 1.82) is 0 Å². The van der Waals surface area contributed by atoms with Gasteiger partial charge in [0.05, 0.1) is 11.0 Å². The van der Waals surface area contributed by atoms with Crippen molar-refractivity contribution in [2.24, 2.45) is 0 Å². The molecule has 59 heavy (non-hydrogen) atoms. The highest BCUT2D eigenvalue weighted by Gasteiger charge is 2.17. The van der Waals surface area contributed by atoms with Crippen molar-refractivity contribution in [3.63, 3.8) is 0 Å². The van der Waals surface area contributed by atoms with Gasteiger partial charge in [0.25, 0.3) is 0 Å². The van der Waals surface area contributed by atoms with Crippen LogP contribution < -0.4 is 9.80 Å². The molecule has 0 saturated carbocycles. The van der Waals surface area contributed by atoms with Crippen LogP contribution in [0.1, 0.15) is 0 Å². The number of benzene rings is 10. The second-order valence-electron chi connectivity index (χ2n) is 15.0. The maximum Gasteiger partial charge on any atom is 0.0547 e. The normalized spacial score (nSPS) is 11.4. The van der Waals surface area contributed by atoms with Crippen molar-refractivity contribution >= 4 is 77.5 Å². The van der Waals surface area contributed by atoms with Gasteiger partial charge in [-0.1, -0.05) is 140 Å². The molecule has 0 aliphatic heterocycles. The van der Waals surface area contributed by atoms with Gasteiger partial charge in [0.1, 0.15) is 0 Å². The Balaban J connectivity index is 0.963. The van der Waals surface area contributed by atoms with Crippen LogP contribution in [-0.2, 0) is 0 Å². The molecule has 0 atom stereocenters. The van der Waals surface area contributed by atoms with E-state index in [4.69, 9.17) is 0 Å². The molecule has 278 valence electrons. The molecular formula is C56H39N3. The zero-order chi connectivity index (χ0) is 39.1. The fraction of sp³-hybridized carbons (Fsp3) is 0. The number of nitrogens with zero attached hydrogens (tertiary/aromatic N) is 3. The summed E-state index contributed by atoms with van der Waals surface area (Å²) in [5.74, 6) is 0. The summed E-state index contributed by atoms with van der Waals surface area (Å²) in [6.45, 7) is 0. The number of hydrogen-bond acceptors (Lipinski definition) is 2. The third-order valence-corrected chi connectivity index (χ3v) is 11.5. The van der Waals surface area contributed by atoms with Gasteiger partial charge >= 0.3 is 0 Å². The maximum atomic E-state index is 2.38. The molecule has 1 heterocycles. The highest BCUT2D eigenvalue weighted by molar-refractivity contribution is 6.11. The first-order valence-electron chi connectivity index (χ1n) is 20.2. The first kappa shape index (κ1) is 34.4. The Kier molecular flexibility index (Phi) is 8.49. The van der Waals surface area contributed by atoms with Crippen molar-refractivity contribution in [3.05, 3.63) is 237 Å². The van der Waals surface area contributed by atoms with Crippen molar-refractivity contribution in [1.82, 2.24) is 4.57 Å². The second kappa shape index (κ2) is 14.6. The van der Waals surface area contributed by atoms with Crippen LogP contribution in [-0.4, -0.2) is 4.57 Å². The zero-order valence-corrected chi connectivity index (χ0v) is 32.4. The molecule has 0 unspecified atom stereocenters. The summed E-state index contributed by atoms with van der Waals surface area (Å²) in [6, 6.07) is 85.2. The lowest BCUT2D eigenvalue weighted by molar-refractivity contribution is 1.18. The molecule has 0 amide bonds. The summed E-state index contributed by atoms with van der Waals surface area (Å²) in [4.78, 5) is 4.67. The van der Waals surface area contributed by atoms with Crippen LogP contribution in [0.5, 0.6) is 0 Å². The SMILES string of the molecule is c1ccc(N(c2ccccc2)c2ccc3c(ccc4cc(N(c5ccccc5)c5ccc(-c6ccc7c8ccccc8n(-c8ccccc8)c7c6)cc5)ccc43)c2)cc1. The van der Waals surface area contributed by atoms with Gasteiger partial charge in [-0.25, -0.2) is 0 Å². The number of anilines is 6. The Morgan fingerprint density at radius 1 is 0.254 bits per heavy atom. The summed E-state index contributed by atoms with van der Waals surface area (Å²) in [5.41, 5.74) is 12.7. The minimum Gasteiger partial charge on any atom is -0.310 e. The lowest BCUT2D eigenvalue weighted by Crippen LogP contribution is -2.10. The molecule has 3 nitrogen and oxygen atoms in total. The fourth-order valence-corrected chi connectivity index (χ4v) is 8.76. The van der Waals surface area contributed by atoms with E-state index in [1.54, 1.807) is 0 Å². The van der Waals surface area contributed by atoms with Crippen LogP contribution in [0.25, 0.3) is 60.2 Å². The Bertz CT molecular complexity index is 3210. The largest absolute Gasteiger partial charge is 0.310 e. The predicted molar refractivity (Wildman–Crippen MR) is 251 cm³/mol. The molecule has 0 aliphatic rings. The van der Waals surface area contributed by atoms with E-state index in [9.17, 15) is 0 Å². The monoisotopic (exact) mass is 753 g/mol. The van der Waals surface area contributed by atoms with Gasteiger partial charge in [0, 0.05) is 50.6 Å². The van der Waals surface area contributed by atoms with Gasteiger partial charge in [0.15, 0.2) is 0 Å². The Hall–Kier alpha value is -7.88. The number of para-hydroxylation sites is 5. The smallest absolute Gasteiger partial charge is 0.0547 e. The Morgan fingerprint density at radius 2 is 0.661 bits per heavy atom. The van der Waals surface area contributed by atoms with Crippen LogP contribution in [0.2, 0.25) is 0 Å². The molecule has 11 rings (SSSR count). The van der Waals surface area contributed by atoms with Crippen molar-refractivity contribution in [2.45, 2.75) is 0 Å². The van der Waals surface area contributed by atoms with E-state index in [1.165, 1.54) is 54.5 Å². The molecule has 10 aromatic carbocycles. The maximum absolute atomic E-state index is 2.38. The Morgan fingerprint density at radius 3 is 1.20 bits per heavy atom. The summed E-state index contributed by atoms with van der Waals surface area (Å²) in [6.07, 6.45) is 0. The molecule has 1 aromatic heterocycles. The fourth-order valence-electron chi connectivity index (χ4n) is 8.76. The average Bonchev–Trinajstić information content (AvgIpc) is 3.64. The van der Waals surface area contributed by atoms with Crippen molar-refractivity contribution in [2.75, 3.05) is 9.80 Å². The standard InChI is InChI=1S/C56H39N3/c1-5-15-44(16-6-1)57(45-17-7-2-8-18-45)49-32-35-51-42(37-49)25-26-43-38-50(33-36-52(43)51)58(46-19-9-3-10-20-46)48-30-27-40(28-31-48)41-29-34-54-53-23-13-14-24-55(53)59(56(54)39-41)47-21-11-4-12-22-47/h1-39H. The summed E-state index contributed by atoms with van der Waals surface area (Å²) in [5, 5.41) is 7.39. The molecular weight excluding hydrogens is 715 g/mol. The number of fused-ring (bicyclic) bond motifs is 6. The molecule has 0 bridgehead atoms. The first-order chi connectivity index (χ1) is 29.3. The summed E-state index contributed by atoms with van der Waals surface area (Å²) >= 11 is 0. The van der Waals surface area contributed by atoms with E-state index >= 15 is 0 Å². The summed E-state index contributed by atoms with van der Waals surface area (Å²) in [7, 11) is 0. The molecule has 0 radical (unpaired) electrons. The van der Waals surface area contributed by atoms with E-state index < -0.39 is 0 Å². The summed E-state index contributed by atoms with van der Waals surface area (Å²) < 4.78 is 2.38. The molecule has 0 saturated heterocycles. The molecule has 0 aliphatic carbocycles. The van der Waals surface area contributed by atoms with Crippen LogP contribution in [0.3, 0.4) is 0 Å². The quantitative estimate of drug-likeness (QED) is 0.143. The van der Waals surface area contributed by atoms with Crippen LogP contribution in [0.15, 0.2) is 237 Å². The number of rotatable bonds is 8. The van der Waals surface area contributed by atoms with E-state index in [0.29, 0.717) is 0 Å². The average molecular weight is 754 g/mol. The first-order valence-corrected chi connectivity index (χ1v) is 20.2. The topological polar surface area (TPSA) is 11.4 Å². The van der Waals surface area contributed by atoms with Gasteiger partial charge in [-0.05, 0) is 130 Å². The van der Waals surface area contributed by atoms with Gasteiger partial charge in [0.2, 0.25) is 0 Å². The van der Waals surface area contributed by atoms with E-state index in [0.717, 1.165) is 39.8 Å². The lowest BCUT2D eigenvalue weighted by Gasteiger charge is -2.26. The van der Waals surface area contributed by atoms with Crippen LogP contribution >= 0.6 is 0 Å². The lowest BCUT2D eigenvalue weighted by atomic mass is 9.99. The van der Waals surface area contributed by atoms with Gasteiger partial charge in [-0.15, -0.1) is 0 Å². The van der Waals surface area contributed by atoms with Crippen LogP contribution in [0, 0.1) is 0 Å². The second-order valence-corrected chi connectivity index (χ2v) is 15.0. The highest BCUT2D eigenvalue weighted by atomic mass is 15.1. The molecule has 0 N–H and O–H groups in total. The van der Waals surface area contributed by atoms with Crippen LogP contribution in [0.4, 0.5) is 34.1 Å². The zero-order valence-electron chi connectivity index (χ0n) is 32.4. The van der Waals surface area contributed by atoms with E-state index in [2.05, 4.69) is 251 Å². The third kappa shape index (κ3) is 6.17. The number of hydrogen-bond donors (Lipinski definition) is 0. The van der Waals surface area contributed by atoms with Crippen molar-refractivity contribution < 1.29 is 0 Å².